The van der Waals surface area contributed by atoms with Crippen molar-refractivity contribution in [2.24, 2.45) is 0 Å². The molecule has 92 valence electrons. The highest BCUT2D eigenvalue weighted by Gasteiger charge is 2.10. The summed E-state index contributed by atoms with van der Waals surface area (Å²) in [6, 6.07) is 9.37. The molecule has 1 heterocycles. The summed E-state index contributed by atoms with van der Waals surface area (Å²) in [5.74, 6) is 0.300. The van der Waals surface area contributed by atoms with Gasteiger partial charge in [0, 0.05) is 6.54 Å². The van der Waals surface area contributed by atoms with Crippen molar-refractivity contribution in [1.29, 1.82) is 5.26 Å². The Morgan fingerprint density at radius 1 is 1.44 bits per heavy atom. The number of aromatic nitrogens is 2. The Labute approximate surface area is 109 Å². The van der Waals surface area contributed by atoms with Crippen molar-refractivity contribution in [1.82, 2.24) is 9.55 Å². The molecule has 0 bridgehead atoms. The first-order valence-electron chi connectivity index (χ1n) is 5.77. The molecule has 0 saturated heterocycles. The Kier molecular flexibility index (Phi) is 4.00. The van der Waals surface area contributed by atoms with Crippen LogP contribution >= 0.6 is 11.8 Å². The van der Waals surface area contributed by atoms with Crippen LogP contribution in [0.4, 0.5) is 0 Å². The van der Waals surface area contributed by atoms with Gasteiger partial charge in [-0.1, -0.05) is 30.8 Å². The van der Waals surface area contributed by atoms with Gasteiger partial charge in [0.15, 0.2) is 5.16 Å². The molecule has 2 aromatic rings. The Balaban J connectivity index is 2.63. The summed E-state index contributed by atoms with van der Waals surface area (Å²) >= 11 is 1.31. The summed E-state index contributed by atoms with van der Waals surface area (Å²) in [6.07, 6.45) is 0.861. The smallest absolute Gasteiger partial charge is 0.262 e. The number of thioether (sulfide) groups is 1. The van der Waals surface area contributed by atoms with Gasteiger partial charge in [-0.3, -0.25) is 9.36 Å². The molecular weight excluding hydrogens is 246 g/mol. The lowest BCUT2D eigenvalue weighted by molar-refractivity contribution is 0.585. The zero-order valence-corrected chi connectivity index (χ0v) is 10.9. The lowest BCUT2D eigenvalue weighted by atomic mass is 10.2. The molecule has 18 heavy (non-hydrogen) atoms. The minimum atomic E-state index is -0.0251. The van der Waals surface area contributed by atoms with Crippen molar-refractivity contribution in [3.8, 4) is 6.07 Å². The quantitative estimate of drug-likeness (QED) is 0.625. The fraction of sp³-hybridized carbons (Fsp3) is 0.308. The van der Waals surface area contributed by atoms with E-state index in [-0.39, 0.29) is 5.56 Å². The van der Waals surface area contributed by atoms with Gasteiger partial charge in [0.25, 0.3) is 5.56 Å². The van der Waals surface area contributed by atoms with Gasteiger partial charge in [0.05, 0.1) is 22.7 Å². The van der Waals surface area contributed by atoms with Gasteiger partial charge in [-0.05, 0) is 18.6 Å². The molecule has 0 spiro atoms. The maximum atomic E-state index is 12.3. The van der Waals surface area contributed by atoms with Crippen molar-refractivity contribution in [3.05, 3.63) is 34.6 Å². The third-order valence-corrected chi connectivity index (χ3v) is 3.38. The summed E-state index contributed by atoms with van der Waals surface area (Å²) in [5.41, 5.74) is 0.665. The average molecular weight is 259 g/mol. The van der Waals surface area contributed by atoms with Crippen LogP contribution in [-0.4, -0.2) is 15.3 Å². The third kappa shape index (κ3) is 2.39. The van der Waals surface area contributed by atoms with Crippen LogP contribution in [0, 0.1) is 11.3 Å². The number of rotatable bonds is 4. The third-order valence-electron chi connectivity index (χ3n) is 2.54. The fourth-order valence-corrected chi connectivity index (χ4v) is 2.46. The number of hydrogen-bond donors (Lipinski definition) is 0. The van der Waals surface area contributed by atoms with Crippen LogP contribution in [0.3, 0.4) is 0 Å². The first-order valence-corrected chi connectivity index (χ1v) is 6.75. The van der Waals surface area contributed by atoms with Crippen molar-refractivity contribution in [2.75, 3.05) is 5.75 Å². The Morgan fingerprint density at radius 2 is 2.22 bits per heavy atom. The molecule has 0 atom stereocenters. The standard InChI is InChI=1S/C13H13N3OS/c1-2-8-16-12(17)10-5-3-4-6-11(10)15-13(16)18-9-7-14/h3-6H,2,8-9H2,1H3. The number of nitriles is 1. The second-order valence-corrected chi connectivity index (χ2v) is 4.76. The van der Waals surface area contributed by atoms with Gasteiger partial charge < -0.3 is 0 Å². The summed E-state index contributed by atoms with van der Waals surface area (Å²) in [4.78, 5) is 16.8. The number of fused-ring (bicyclic) bond motifs is 1. The normalized spacial score (nSPS) is 10.4. The highest BCUT2D eigenvalue weighted by Crippen LogP contribution is 2.17. The predicted molar refractivity (Wildman–Crippen MR) is 72.6 cm³/mol. The number of benzene rings is 1. The highest BCUT2D eigenvalue weighted by molar-refractivity contribution is 7.99. The predicted octanol–water partition coefficient (Wildman–Crippen LogP) is 2.42. The maximum absolute atomic E-state index is 12.3. The zero-order chi connectivity index (χ0) is 13.0. The average Bonchev–Trinajstić information content (AvgIpc) is 2.40. The van der Waals surface area contributed by atoms with Crippen molar-refractivity contribution in [2.45, 2.75) is 25.0 Å². The molecule has 0 unspecified atom stereocenters. The first-order chi connectivity index (χ1) is 8.77. The molecule has 4 nitrogen and oxygen atoms in total. The molecule has 5 heteroatoms. The molecule has 0 aliphatic heterocycles. The zero-order valence-electron chi connectivity index (χ0n) is 10.1. The van der Waals surface area contributed by atoms with E-state index >= 15 is 0 Å². The molecule has 1 aromatic heterocycles. The van der Waals surface area contributed by atoms with E-state index < -0.39 is 0 Å². The van der Waals surface area contributed by atoms with E-state index in [2.05, 4.69) is 11.1 Å². The molecular formula is C13H13N3OS. The van der Waals surface area contributed by atoms with Crippen molar-refractivity contribution < 1.29 is 0 Å². The van der Waals surface area contributed by atoms with Crippen LogP contribution in [0.25, 0.3) is 10.9 Å². The van der Waals surface area contributed by atoms with Gasteiger partial charge in [-0.25, -0.2) is 4.98 Å². The van der Waals surface area contributed by atoms with Crippen LogP contribution < -0.4 is 5.56 Å². The molecule has 0 N–H and O–H groups in total. The van der Waals surface area contributed by atoms with Crippen molar-refractivity contribution in [3.63, 3.8) is 0 Å². The minimum Gasteiger partial charge on any atom is -0.287 e. The van der Waals surface area contributed by atoms with Crippen LogP contribution in [0.15, 0.2) is 34.2 Å². The minimum absolute atomic E-state index is 0.0251. The highest BCUT2D eigenvalue weighted by atomic mass is 32.2. The topological polar surface area (TPSA) is 58.7 Å². The van der Waals surface area contributed by atoms with E-state index in [4.69, 9.17) is 5.26 Å². The Bertz CT molecular complexity index is 657. The van der Waals surface area contributed by atoms with Gasteiger partial charge in [0.1, 0.15) is 0 Å². The lowest BCUT2D eigenvalue weighted by Gasteiger charge is -2.10. The largest absolute Gasteiger partial charge is 0.287 e. The molecule has 0 aliphatic rings. The summed E-state index contributed by atoms with van der Waals surface area (Å²) in [6.45, 7) is 2.64. The molecule has 0 radical (unpaired) electrons. The number of para-hydroxylation sites is 1. The molecule has 0 fully saturated rings. The first kappa shape index (κ1) is 12.7. The van der Waals surface area contributed by atoms with E-state index in [1.807, 2.05) is 25.1 Å². The molecule has 0 saturated carbocycles. The van der Waals surface area contributed by atoms with E-state index in [0.717, 1.165) is 6.42 Å². The van der Waals surface area contributed by atoms with Crippen LogP contribution in [0.2, 0.25) is 0 Å². The SMILES string of the molecule is CCCn1c(SCC#N)nc2ccccc2c1=O. The van der Waals surface area contributed by atoms with Gasteiger partial charge in [-0.2, -0.15) is 5.26 Å². The Hall–Kier alpha value is -1.80. The molecule has 0 aliphatic carbocycles. The molecule has 1 aromatic carbocycles. The number of hydrogen-bond acceptors (Lipinski definition) is 4. The summed E-state index contributed by atoms with van der Waals surface area (Å²) < 4.78 is 1.66. The van der Waals surface area contributed by atoms with E-state index in [9.17, 15) is 4.79 Å². The maximum Gasteiger partial charge on any atom is 0.262 e. The van der Waals surface area contributed by atoms with Crippen LogP contribution in [0.5, 0.6) is 0 Å². The summed E-state index contributed by atoms with van der Waals surface area (Å²) in [7, 11) is 0. The molecule has 2 rings (SSSR count). The van der Waals surface area contributed by atoms with E-state index in [0.29, 0.717) is 28.4 Å². The van der Waals surface area contributed by atoms with E-state index in [1.54, 1.807) is 10.6 Å². The van der Waals surface area contributed by atoms with Gasteiger partial charge >= 0.3 is 0 Å². The second kappa shape index (κ2) is 5.69. The lowest BCUT2D eigenvalue weighted by Crippen LogP contribution is -2.23. The number of nitrogens with zero attached hydrogens (tertiary/aromatic N) is 3. The van der Waals surface area contributed by atoms with Gasteiger partial charge in [0.2, 0.25) is 0 Å². The van der Waals surface area contributed by atoms with Gasteiger partial charge in [-0.15, -0.1) is 0 Å². The van der Waals surface area contributed by atoms with Crippen molar-refractivity contribution >= 4 is 22.7 Å². The van der Waals surface area contributed by atoms with Crippen LogP contribution in [-0.2, 0) is 6.54 Å². The monoisotopic (exact) mass is 259 g/mol. The second-order valence-electron chi connectivity index (χ2n) is 3.82. The van der Waals surface area contributed by atoms with E-state index in [1.165, 1.54) is 11.8 Å². The fourth-order valence-electron chi connectivity index (χ4n) is 1.78. The Morgan fingerprint density at radius 3 is 2.94 bits per heavy atom. The van der Waals surface area contributed by atoms with Crippen LogP contribution in [0.1, 0.15) is 13.3 Å². The molecule has 0 amide bonds. The summed E-state index contributed by atoms with van der Waals surface area (Å²) in [5, 5.41) is 9.90.